The Morgan fingerprint density at radius 3 is 2.06 bits per heavy atom. The number of ether oxygens (including phenoxy) is 1. The van der Waals surface area contributed by atoms with Crippen LogP contribution in [0.25, 0.3) is 21.5 Å². The van der Waals surface area contributed by atoms with E-state index in [0.29, 0.717) is 49.8 Å². The molecule has 0 unspecified atom stereocenters. The molecule has 2 aliphatic rings. The third kappa shape index (κ3) is 2.33. The lowest BCUT2D eigenvalue weighted by Gasteiger charge is -2.30. The minimum absolute atomic E-state index is 0.303. The number of hydrogen-bond acceptors (Lipinski definition) is 5. The van der Waals surface area contributed by atoms with Gasteiger partial charge in [0.2, 0.25) is 0 Å². The summed E-state index contributed by atoms with van der Waals surface area (Å²) in [6.07, 6.45) is 0. The molecule has 0 aliphatic carbocycles. The van der Waals surface area contributed by atoms with E-state index in [2.05, 4.69) is 0 Å². The van der Waals surface area contributed by atoms with E-state index >= 15 is 0 Å². The molecule has 0 radical (unpaired) electrons. The molecule has 2 aliphatic heterocycles. The number of hydrogen-bond donors (Lipinski definition) is 0. The number of rotatable bonds is 2. The van der Waals surface area contributed by atoms with Crippen LogP contribution in [0.4, 0.5) is 5.69 Å². The second kappa shape index (κ2) is 6.49. The van der Waals surface area contributed by atoms with Crippen molar-refractivity contribution in [2.75, 3.05) is 19.1 Å². The molecule has 0 saturated carbocycles. The molecule has 0 bridgehead atoms. The van der Waals surface area contributed by atoms with Crippen LogP contribution in [-0.2, 0) is 0 Å². The second-order valence-electron chi connectivity index (χ2n) is 8.02. The fourth-order valence-corrected chi connectivity index (χ4v) is 4.86. The molecule has 4 aromatic rings. The van der Waals surface area contributed by atoms with Crippen molar-refractivity contribution in [3.63, 3.8) is 0 Å². The minimum Gasteiger partial charge on any atom is -0.496 e. The molecule has 0 aromatic heterocycles. The first kappa shape index (κ1) is 19.2. The average Bonchev–Trinajstić information content (AvgIpc) is 2.84. The first-order valence-electron chi connectivity index (χ1n) is 10.3. The molecule has 0 atom stereocenters. The van der Waals surface area contributed by atoms with Gasteiger partial charge in [-0.05, 0) is 35.7 Å². The molecule has 4 aromatic carbocycles. The van der Waals surface area contributed by atoms with Crippen molar-refractivity contribution in [1.82, 2.24) is 4.90 Å². The summed E-state index contributed by atoms with van der Waals surface area (Å²) in [4.78, 5) is 55.0. The van der Waals surface area contributed by atoms with Crippen LogP contribution in [0.3, 0.4) is 0 Å². The Kier molecular flexibility index (Phi) is 3.77. The fraction of sp³-hybridized carbons (Fsp3) is 0.0769. The maximum atomic E-state index is 13.8. The number of anilines is 1. The number of carbonyl (C=O) groups excluding carboxylic acids is 4. The van der Waals surface area contributed by atoms with Crippen LogP contribution < -0.4 is 9.64 Å². The van der Waals surface area contributed by atoms with Crippen molar-refractivity contribution < 1.29 is 23.9 Å². The van der Waals surface area contributed by atoms with E-state index in [-0.39, 0.29) is 0 Å². The Morgan fingerprint density at radius 2 is 1.33 bits per heavy atom. The minimum atomic E-state index is -0.521. The normalized spacial score (nSPS) is 15.1. The van der Waals surface area contributed by atoms with E-state index in [4.69, 9.17) is 4.74 Å². The summed E-state index contributed by atoms with van der Waals surface area (Å²) in [5, 5.41) is 2.23. The number of methoxy groups -OCH3 is 1. The van der Waals surface area contributed by atoms with Crippen molar-refractivity contribution in [3.8, 4) is 5.75 Å². The SMILES string of the molecule is COc1ccc2cccc3c2c1C(=O)N(c1ccc2c4c(cccc14)C(=O)N(C)C2=O)C3=O. The molecule has 0 N–H and O–H groups in total. The summed E-state index contributed by atoms with van der Waals surface area (Å²) in [6, 6.07) is 17.0. The number of imide groups is 2. The Hall–Kier alpha value is -4.52. The third-order valence-corrected chi connectivity index (χ3v) is 6.41. The number of benzene rings is 4. The maximum absolute atomic E-state index is 13.8. The molecule has 6 rings (SSSR count). The number of amides is 4. The molecule has 0 spiro atoms. The molecule has 0 saturated heterocycles. The van der Waals surface area contributed by atoms with Gasteiger partial charge >= 0.3 is 0 Å². The summed E-state index contributed by atoms with van der Waals surface area (Å²) in [5.74, 6) is -1.48. The van der Waals surface area contributed by atoms with Crippen LogP contribution in [0.15, 0.2) is 60.7 Å². The van der Waals surface area contributed by atoms with Gasteiger partial charge in [-0.2, -0.15) is 0 Å². The predicted octanol–water partition coefficient (Wildman–Crippen LogP) is 4.03. The van der Waals surface area contributed by atoms with Crippen LogP contribution in [0.1, 0.15) is 41.4 Å². The summed E-state index contributed by atoms with van der Waals surface area (Å²) < 4.78 is 5.46. The Bertz CT molecular complexity index is 1580. The van der Waals surface area contributed by atoms with E-state index in [9.17, 15) is 19.2 Å². The lowest BCUT2D eigenvalue weighted by atomic mass is 9.90. The van der Waals surface area contributed by atoms with Crippen LogP contribution in [0.5, 0.6) is 5.75 Å². The summed E-state index contributed by atoms with van der Waals surface area (Å²) in [7, 11) is 2.91. The van der Waals surface area contributed by atoms with E-state index in [1.54, 1.807) is 48.5 Å². The zero-order valence-corrected chi connectivity index (χ0v) is 17.7. The average molecular weight is 436 g/mol. The first-order valence-corrected chi connectivity index (χ1v) is 10.3. The molecule has 7 nitrogen and oxygen atoms in total. The number of carbonyl (C=O) groups is 4. The quantitative estimate of drug-likeness (QED) is 0.443. The van der Waals surface area contributed by atoms with E-state index < -0.39 is 23.6 Å². The third-order valence-electron chi connectivity index (χ3n) is 6.41. The molecule has 7 heteroatoms. The zero-order chi connectivity index (χ0) is 23.0. The topological polar surface area (TPSA) is 84.0 Å². The van der Waals surface area contributed by atoms with E-state index in [1.165, 1.54) is 14.2 Å². The van der Waals surface area contributed by atoms with Crippen molar-refractivity contribution in [2.24, 2.45) is 0 Å². The van der Waals surface area contributed by atoms with Crippen molar-refractivity contribution >= 4 is 50.9 Å². The number of nitrogens with zero attached hydrogens (tertiary/aromatic N) is 2. The molecule has 160 valence electrons. The maximum Gasteiger partial charge on any atom is 0.269 e. The van der Waals surface area contributed by atoms with E-state index in [0.717, 1.165) is 15.2 Å². The van der Waals surface area contributed by atoms with Gasteiger partial charge in [-0.3, -0.25) is 24.1 Å². The monoisotopic (exact) mass is 436 g/mol. The van der Waals surface area contributed by atoms with Gasteiger partial charge in [-0.15, -0.1) is 0 Å². The Balaban J connectivity index is 1.66. The first-order chi connectivity index (χ1) is 15.9. The van der Waals surface area contributed by atoms with E-state index in [1.807, 2.05) is 12.1 Å². The van der Waals surface area contributed by atoms with Gasteiger partial charge in [0, 0.05) is 39.9 Å². The van der Waals surface area contributed by atoms with Crippen molar-refractivity contribution in [1.29, 1.82) is 0 Å². The zero-order valence-electron chi connectivity index (χ0n) is 17.7. The molecule has 33 heavy (non-hydrogen) atoms. The van der Waals surface area contributed by atoms with Gasteiger partial charge in [-0.25, -0.2) is 4.90 Å². The molecular weight excluding hydrogens is 420 g/mol. The van der Waals surface area contributed by atoms with Crippen LogP contribution >= 0.6 is 0 Å². The lowest BCUT2D eigenvalue weighted by Crippen LogP contribution is -2.41. The smallest absolute Gasteiger partial charge is 0.269 e. The highest BCUT2D eigenvalue weighted by atomic mass is 16.5. The van der Waals surface area contributed by atoms with Gasteiger partial charge in [0.25, 0.3) is 23.6 Å². The largest absolute Gasteiger partial charge is 0.496 e. The van der Waals surface area contributed by atoms with Gasteiger partial charge < -0.3 is 4.74 Å². The molecular formula is C26H16N2O5. The highest BCUT2D eigenvalue weighted by Gasteiger charge is 2.38. The fourth-order valence-electron chi connectivity index (χ4n) is 4.86. The van der Waals surface area contributed by atoms with Gasteiger partial charge in [-0.1, -0.05) is 30.3 Å². The van der Waals surface area contributed by atoms with Crippen LogP contribution in [-0.4, -0.2) is 42.7 Å². The summed E-state index contributed by atoms with van der Waals surface area (Å²) >= 11 is 0. The highest BCUT2D eigenvalue weighted by molar-refractivity contribution is 6.38. The predicted molar refractivity (Wildman–Crippen MR) is 122 cm³/mol. The second-order valence-corrected chi connectivity index (χ2v) is 8.02. The Labute approximate surface area is 187 Å². The van der Waals surface area contributed by atoms with Crippen molar-refractivity contribution in [2.45, 2.75) is 0 Å². The van der Waals surface area contributed by atoms with Gasteiger partial charge in [0.05, 0.1) is 18.4 Å². The summed E-state index contributed by atoms with van der Waals surface area (Å²) in [5.41, 5.74) is 1.70. The standard InChI is InChI=1S/C26H16N2O5/c1-27-23(29)16-8-4-6-14-18(11-10-17(21(14)16)24(27)30)28-25(31)15-7-3-5-13-9-12-19(33-2)22(20(13)15)26(28)32/h3-12H,1-2H3. The van der Waals surface area contributed by atoms with Crippen molar-refractivity contribution in [3.05, 3.63) is 82.9 Å². The van der Waals surface area contributed by atoms with Gasteiger partial charge in [0.15, 0.2) is 0 Å². The molecule has 0 fully saturated rings. The lowest BCUT2D eigenvalue weighted by molar-refractivity contribution is 0.0650. The molecule has 4 amide bonds. The Morgan fingerprint density at radius 1 is 0.667 bits per heavy atom. The van der Waals surface area contributed by atoms with Crippen LogP contribution in [0, 0.1) is 0 Å². The molecule has 2 heterocycles. The highest BCUT2D eigenvalue weighted by Crippen LogP contribution is 2.41. The summed E-state index contributed by atoms with van der Waals surface area (Å²) in [6.45, 7) is 0. The van der Waals surface area contributed by atoms with Crippen LogP contribution in [0.2, 0.25) is 0 Å². The van der Waals surface area contributed by atoms with Gasteiger partial charge in [0.1, 0.15) is 5.75 Å².